The van der Waals surface area contributed by atoms with Crippen LogP contribution in [0, 0.1) is 17.0 Å². The molecule has 1 heterocycles. The van der Waals surface area contributed by atoms with E-state index in [1.54, 1.807) is 30.3 Å². The van der Waals surface area contributed by atoms with Crippen LogP contribution in [0.2, 0.25) is 5.02 Å². The normalized spacial score (nSPS) is 11.0. The molecule has 0 aliphatic carbocycles. The molecule has 0 aliphatic heterocycles. The van der Waals surface area contributed by atoms with Crippen LogP contribution in [0.5, 0.6) is 0 Å². The molecule has 1 amide bonds. The molecule has 0 bridgehead atoms. The van der Waals surface area contributed by atoms with Crippen LogP contribution in [0.15, 0.2) is 83.1 Å². The van der Waals surface area contributed by atoms with Crippen molar-refractivity contribution in [2.24, 2.45) is 5.10 Å². The average Bonchev–Trinajstić information content (AvgIpc) is 3.28. The number of hydrazone groups is 1. The SMILES string of the molecule is Cc1ccc(-c2nnc(SCC(=O)N/N=C\c3ccccc3[N+](=O)[O-])n2-c2ccc(Cl)cc2)cc1. The number of nitro groups is 1. The first-order chi connectivity index (χ1) is 16.9. The summed E-state index contributed by atoms with van der Waals surface area (Å²) in [5.74, 6) is 0.241. The molecule has 1 aromatic heterocycles. The minimum atomic E-state index is -0.506. The standard InChI is InChI=1S/C24H19ClN6O3S/c1-16-6-8-17(9-7-16)23-28-29-24(30(23)20-12-10-19(25)11-13-20)35-15-22(32)27-26-14-18-4-2-3-5-21(18)31(33)34/h2-14H,15H2,1H3,(H,27,32)/b26-14-. The number of aromatic nitrogens is 3. The number of carbonyl (C=O) groups excluding carboxylic acids is 1. The molecule has 0 aliphatic rings. The zero-order chi connectivity index (χ0) is 24.8. The van der Waals surface area contributed by atoms with Crippen LogP contribution in [-0.4, -0.2) is 37.6 Å². The van der Waals surface area contributed by atoms with Crippen LogP contribution in [0.3, 0.4) is 0 Å². The van der Waals surface area contributed by atoms with Gasteiger partial charge in [0, 0.05) is 22.3 Å². The first-order valence-corrected chi connectivity index (χ1v) is 11.8. The van der Waals surface area contributed by atoms with Gasteiger partial charge in [0.25, 0.3) is 11.6 Å². The number of hydrogen-bond donors (Lipinski definition) is 1. The Bertz CT molecular complexity index is 1390. The average molecular weight is 507 g/mol. The van der Waals surface area contributed by atoms with Crippen LogP contribution < -0.4 is 5.43 Å². The molecular weight excluding hydrogens is 488 g/mol. The highest BCUT2D eigenvalue weighted by Gasteiger charge is 2.17. The Kier molecular flexibility index (Phi) is 7.54. The van der Waals surface area contributed by atoms with E-state index in [0.29, 0.717) is 16.0 Å². The maximum Gasteiger partial charge on any atom is 0.278 e. The van der Waals surface area contributed by atoms with Crippen molar-refractivity contribution in [2.75, 3.05) is 5.75 Å². The van der Waals surface area contributed by atoms with E-state index < -0.39 is 10.8 Å². The summed E-state index contributed by atoms with van der Waals surface area (Å²) in [6.07, 6.45) is 1.24. The number of para-hydroxylation sites is 1. The smallest absolute Gasteiger partial charge is 0.272 e. The van der Waals surface area contributed by atoms with E-state index in [0.717, 1.165) is 16.8 Å². The number of carbonyl (C=O) groups is 1. The molecule has 0 fully saturated rings. The van der Waals surface area contributed by atoms with Crippen molar-refractivity contribution in [3.8, 4) is 17.1 Å². The molecule has 0 unspecified atom stereocenters. The van der Waals surface area contributed by atoms with Crippen molar-refractivity contribution in [1.29, 1.82) is 0 Å². The fraction of sp³-hybridized carbons (Fsp3) is 0.0833. The molecule has 0 spiro atoms. The fourth-order valence-corrected chi connectivity index (χ4v) is 4.05. The third kappa shape index (κ3) is 5.92. The molecule has 9 nitrogen and oxygen atoms in total. The van der Waals surface area contributed by atoms with Crippen molar-refractivity contribution < 1.29 is 9.72 Å². The first-order valence-electron chi connectivity index (χ1n) is 10.4. The molecule has 11 heteroatoms. The monoisotopic (exact) mass is 506 g/mol. The number of benzene rings is 3. The Morgan fingerprint density at radius 3 is 2.54 bits per heavy atom. The quantitative estimate of drug-likeness (QED) is 0.155. The van der Waals surface area contributed by atoms with Gasteiger partial charge in [0.05, 0.1) is 22.5 Å². The Labute approximate surface area is 210 Å². The van der Waals surface area contributed by atoms with Gasteiger partial charge in [0.15, 0.2) is 11.0 Å². The third-order valence-electron chi connectivity index (χ3n) is 4.89. The maximum atomic E-state index is 12.4. The lowest BCUT2D eigenvalue weighted by Gasteiger charge is -2.10. The summed E-state index contributed by atoms with van der Waals surface area (Å²) < 4.78 is 1.86. The lowest BCUT2D eigenvalue weighted by molar-refractivity contribution is -0.385. The van der Waals surface area contributed by atoms with Crippen molar-refractivity contribution >= 4 is 41.2 Å². The molecule has 0 saturated carbocycles. The number of halogens is 1. The number of thioether (sulfide) groups is 1. The van der Waals surface area contributed by atoms with Crippen molar-refractivity contribution in [3.05, 3.63) is 99.1 Å². The Morgan fingerprint density at radius 2 is 1.83 bits per heavy atom. The molecule has 4 rings (SSSR count). The second-order valence-corrected chi connectivity index (χ2v) is 8.76. The largest absolute Gasteiger partial charge is 0.278 e. The molecule has 35 heavy (non-hydrogen) atoms. The lowest BCUT2D eigenvalue weighted by atomic mass is 10.1. The Hall–Kier alpha value is -4.02. The number of nitrogens with one attached hydrogen (secondary N) is 1. The van der Waals surface area contributed by atoms with Gasteiger partial charge >= 0.3 is 0 Å². The number of hydrogen-bond acceptors (Lipinski definition) is 7. The number of nitro benzene ring substituents is 1. The minimum absolute atomic E-state index is 0.00778. The van der Waals surface area contributed by atoms with E-state index in [1.807, 2.05) is 47.9 Å². The van der Waals surface area contributed by atoms with E-state index in [-0.39, 0.29) is 17.0 Å². The lowest BCUT2D eigenvalue weighted by Crippen LogP contribution is -2.20. The molecule has 3 aromatic carbocycles. The van der Waals surface area contributed by atoms with Gasteiger partial charge in [0.1, 0.15) is 0 Å². The second kappa shape index (κ2) is 10.9. The Balaban J connectivity index is 1.51. The van der Waals surface area contributed by atoms with Crippen LogP contribution in [0.25, 0.3) is 17.1 Å². The van der Waals surface area contributed by atoms with E-state index in [4.69, 9.17) is 11.6 Å². The molecule has 0 atom stereocenters. The van der Waals surface area contributed by atoms with Gasteiger partial charge in [-0.2, -0.15) is 5.10 Å². The van der Waals surface area contributed by atoms with Gasteiger partial charge in [-0.05, 0) is 37.3 Å². The van der Waals surface area contributed by atoms with Gasteiger partial charge < -0.3 is 0 Å². The second-order valence-electron chi connectivity index (χ2n) is 7.38. The zero-order valence-corrected chi connectivity index (χ0v) is 20.0. The summed E-state index contributed by atoms with van der Waals surface area (Å²) in [5, 5.41) is 24.7. The molecule has 176 valence electrons. The molecule has 4 aromatic rings. The van der Waals surface area contributed by atoms with E-state index in [9.17, 15) is 14.9 Å². The van der Waals surface area contributed by atoms with Crippen molar-refractivity contribution in [2.45, 2.75) is 12.1 Å². The summed E-state index contributed by atoms with van der Waals surface area (Å²) in [7, 11) is 0. The molecular formula is C24H19ClN6O3S. The molecule has 0 saturated heterocycles. The van der Waals surface area contributed by atoms with Crippen LogP contribution in [-0.2, 0) is 4.79 Å². The van der Waals surface area contributed by atoms with Crippen LogP contribution in [0.1, 0.15) is 11.1 Å². The number of amides is 1. The third-order valence-corrected chi connectivity index (χ3v) is 6.07. The van der Waals surface area contributed by atoms with Crippen LogP contribution in [0.4, 0.5) is 5.69 Å². The van der Waals surface area contributed by atoms with Crippen molar-refractivity contribution in [3.63, 3.8) is 0 Å². The highest BCUT2D eigenvalue weighted by atomic mass is 35.5. The van der Waals surface area contributed by atoms with Gasteiger partial charge in [-0.1, -0.05) is 65.3 Å². The van der Waals surface area contributed by atoms with Gasteiger partial charge in [-0.25, -0.2) is 5.43 Å². The summed E-state index contributed by atoms with van der Waals surface area (Å²) in [6, 6.07) is 21.3. The summed E-state index contributed by atoms with van der Waals surface area (Å²) in [6.45, 7) is 2.01. The highest BCUT2D eigenvalue weighted by molar-refractivity contribution is 7.99. The zero-order valence-electron chi connectivity index (χ0n) is 18.5. The number of nitrogens with zero attached hydrogens (tertiary/aromatic N) is 5. The maximum absolute atomic E-state index is 12.4. The van der Waals surface area contributed by atoms with Crippen molar-refractivity contribution in [1.82, 2.24) is 20.2 Å². The first kappa shape index (κ1) is 24.1. The highest BCUT2D eigenvalue weighted by Crippen LogP contribution is 2.28. The van der Waals surface area contributed by atoms with Gasteiger partial charge in [-0.15, -0.1) is 10.2 Å². The van der Waals surface area contributed by atoms with E-state index >= 15 is 0 Å². The van der Waals surface area contributed by atoms with Gasteiger partial charge in [-0.3, -0.25) is 19.5 Å². The summed E-state index contributed by atoms with van der Waals surface area (Å²) in [5.41, 5.74) is 5.38. The van der Waals surface area contributed by atoms with E-state index in [2.05, 4.69) is 20.7 Å². The van der Waals surface area contributed by atoms with Gasteiger partial charge in [0.2, 0.25) is 0 Å². The summed E-state index contributed by atoms with van der Waals surface area (Å²) >= 11 is 7.25. The number of aryl methyl sites for hydroxylation is 1. The van der Waals surface area contributed by atoms with E-state index in [1.165, 1.54) is 24.0 Å². The predicted molar refractivity (Wildman–Crippen MR) is 136 cm³/mol. The summed E-state index contributed by atoms with van der Waals surface area (Å²) in [4.78, 5) is 23.0. The number of rotatable bonds is 8. The molecule has 0 radical (unpaired) electrons. The Morgan fingerprint density at radius 1 is 1.11 bits per heavy atom. The predicted octanol–water partition coefficient (Wildman–Crippen LogP) is 5.05. The minimum Gasteiger partial charge on any atom is -0.272 e. The fourth-order valence-electron chi connectivity index (χ4n) is 3.18. The topological polar surface area (TPSA) is 115 Å². The molecule has 1 N–H and O–H groups in total. The van der Waals surface area contributed by atoms with Crippen LogP contribution >= 0.6 is 23.4 Å².